The average molecular weight is 586 g/mol. The highest BCUT2D eigenvalue weighted by molar-refractivity contribution is 6.04. The maximum absolute atomic E-state index is 13.1. The number of H-pyrrole nitrogens is 1. The third-order valence-corrected chi connectivity index (χ3v) is 9.18. The van der Waals surface area contributed by atoms with Gasteiger partial charge in [0.2, 0.25) is 18.0 Å². The molecule has 1 amide bonds. The molecule has 4 aliphatic heterocycles. The fourth-order valence-corrected chi connectivity index (χ4v) is 7.01. The van der Waals surface area contributed by atoms with Crippen LogP contribution in [0.2, 0.25) is 0 Å². The highest BCUT2D eigenvalue weighted by Gasteiger charge is 2.44. The molecule has 0 fully saturated rings. The van der Waals surface area contributed by atoms with Crippen molar-refractivity contribution in [3.63, 3.8) is 0 Å². The van der Waals surface area contributed by atoms with Crippen LogP contribution in [0.3, 0.4) is 0 Å². The molecule has 6 bridgehead atoms. The van der Waals surface area contributed by atoms with E-state index in [0.717, 1.165) is 50.2 Å². The summed E-state index contributed by atoms with van der Waals surface area (Å²) in [5.74, 6) is 2.28. The van der Waals surface area contributed by atoms with E-state index in [0.29, 0.717) is 35.9 Å². The maximum Gasteiger partial charge on any atom is 0.220 e. The molecule has 0 spiro atoms. The van der Waals surface area contributed by atoms with Crippen molar-refractivity contribution in [3.05, 3.63) is 107 Å². The number of ether oxygens (including phenoxy) is 2. The first-order valence-electron chi connectivity index (χ1n) is 15.2. The number of carbonyl (C=O) groups is 1. The second-order valence-corrected chi connectivity index (χ2v) is 12.3. The fourth-order valence-electron chi connectivity index (χ4n) is 7.01. The van der Waals surface area contributed by atoms with Crippen molar-refractivity contribution in [2.45, 2.75) is 51.1 Å². The second kappa shape index (κ2) is 9.41. The summed E-state index contributed by atoms with van der Waals surface area (Å²) in [5.41, 5.74) is 7.75. The van der Waals surface area contributed by atoms with Crippen LogP contribution in [0.4, 0.5) is 5.69 Å². The van der Waals surface area contributed by atoms with Crippen LogP contribution in [-0.2, 0) is 16.0 Å². The van der Waals surface area contributed by atoms with Gasteiger partial charge in [-0.05, 0) is 41.7 Å². The molecule has 5 aromatic rings. The number of aryl methyl sites for hydroxylation is 1. The number of nitrogens with one attached hydrogen (secondary N) is 4. The van der Waals surface area contributed by atoms with Crippen molar-refractivity contribution in [1.82, 2.24) is 20.6 Å². The minimum Gasteiger partial charge on any atom is -0.469 e. The highest BCUT2D eigenvalue weighted by atomic mass is 16.5. The van der Waals surface area contributed by atoms with E-state index in [1.54, 1.807) is 0 Å². The number of hydrogen-bond acceptors (Lipinski definition) is 7. The van der Waals surface area contributed by atoms with E-state index in [-0.39, 0.29) is 17.7 Å². The Bertz CT molecular complexity index is 2010. The largest absolute Gasteiger partial charge is 0.469 e. The van der Waals surface area contributed by atoms with Crippen molar-refractivity contribution in [2.24, 2.45) is 5.92 Å². The topological polar surface area (TPSA) is 113 Å². The van der Waals surface area contributed by atoms with E-state index in [1.807, 2.05) is 30.6 Å². The SMILES string of the molecule is CC(C)C1NC(=O)CCc2ccc3c(c2)C2c4oc1nc4C1NC=C(O1)c1c[nH]c4cccc(c14)-c1ccccc1NC2O3. The van der Waals surface area contributed by atoms with Gasteiger partial charge in [-0.25, -0.2) is 4.98 Å². The van der Waals surface area contributed by atoms with Crippen LogP contribution in [0.1, 0.15) is 72.5 Å². The van der Waals surface area contributed by atoms with Crippen LogP contribution in [0, 0.1) is 5.92 Å². The van der Waals surface area contributed by atoms with Gasteiger partial charge < -0.3 is 34.8 Å². The zero-order chi connectivity index (χ0) is 29.5. The summed E-state index contributed by atoms with van der Waals surface area (Å²) in [5, 5.41) is 11.4. The molecule has 9 nitrogen and oxygen atoms in total. The number of aromatic amines is 1. The lowest BCUT2D eigenvalue weighted by atomic mass is 9.91. The Hall–Kier alpha value is -5.18. The zero-order valence-corrected chi connectivity index (χ0v) is 24.3. The molecule has 0 saturated carbocycles. The lowest BCUT2D eigenvalue weighted by molar-refractivity contribution is -0.122. The summed E-state index contributed by atoms with van der Waals surface area (Å²) in [6, 6.07) is 20.4. The summed E-state index contributed by atoms with van der Waals surface area (Å²) in [4.78, 5) is 21.6. The van der Waals surface area contributed by atoms with E-state index >= 15 is 0 Å². The molecule has 3 aromatic carbocycles. The summed E-state index contributed by atoms with van der Waals surface area (Å²) in [6.45, 7) is 4.12. The summed E-state index contributed by atoms with van der Waals surface area (Å²) >= 11 is 0. The van der Waals surface area contributed by atoms with E-state index in [2.05, 4.69) is 77.2 Å². The smallest absolute Gasteiger partial charge is 0.220 e. The van der Waals surface area contributed by atoms with Gasteiger partial charge in [0.05, 0.1) is 0 Å². The van der Waals surface area contributed by atoms with Crippen molar-refractivity contribution in [2.75, 3.05) is 5.32 Å². The van der Waals surface area contributed by atoms with Crippen LogP contribution in [0.25, 0.3) is 27.8 Å². The van der Waals surface area contributed by atoms with Gasteiger partial charge >= 0.3 is 0 Å². The molecule has 0 saturated heterocycles. The average Bonchev–Trinajstić information content (AvgIpc) is 3.81. The van der Waals surface area contributed by atoms with Crippen molar-refractivity contribution < 1.29 is 18.7 Å². The first kappa shape index (κ1) is 25.3. The van der Waals surface area contributed by atoms with Gasteiger partial charge in [-0.15, -0.1) is 0 Å². The van der Waals surface area contributed by atoms with Crippen molar-refractivity contribution >= 4 is 28.3 Å². The van der Waals surface area contributed by atoms with Crippen LogP contribution >= 0.6 is 0 Å². The van der Waals surface area contributed by atoms with Crippen molar-refractivity contribution in [1.29, 1.82) is 0 Å². The minimum atomic E-state index is -0.598. The number of hydrogen-bond donors (Lipinski definition) is 4. The molecule has 9 heteroatoms. The Morgan fingerprint density at radius 2 is 1.82 bits per heavy atom. The summed E-state index contributed by atoms with van der Waals surface area (Å²) in [7, 11) is 0. The number of amides is 1. The molecule has 0 radical (unpaired) electrons. The predicted octanol–water partition coefficient (Wildman–Crippen LogP) is 6.48. The summed E-state index contributed by atoms with van der Waals surface area (Å²) in [6.07, 6.45) is 3.80. The number of aromatic nitrogens is 2. The van der Waals surface area contributed by atoms with E-state index in [9.17, 15) is 4.79 Å². The second-order valence-electron chi connectivity index (χ2n) is 12.3. The van der Waals surface area contributed by atoms with Gasteiger partial charge in [-0.2, -0.15) is 0 Å². The number of rotatable bonds is 1. The van der Waals surface area contributed by atoms with E-state index in [1.165, 1.54) is 0 Å². The lowest BCUT2D eigenvalue weighted by Gasteiger charge is -2.23. The van der Waals surface area contributed by atoms with Gasteiger partial charge in [0.25, 0.3) is 0 Å². The van der Waals surface area contributed by atoms with Crippen LogP contribution in [-0.4, -0.2) is 22.1 Å². The number of nitrogens with zero attached hydrogens (tertiary/aromatic N) is 1. The molecule has 6 heterocycles. The maximum atomic E-state index is 13.1. The standard InChI is InChI=1S/C35H31N5O4/c1-17(2)30-35-40-31-32(44-35)29-21-14-18(11-13-27(41)39-30)10-12-25(21)42-33(29)38-23-8-4-3-6-19(23)20-7-5-9-24-28(20)22(15-36-24)26-16-37-34(31)43-26/h3-10,12,14-17,29-30,33-34,36-38H,11,13H2,1-2H3,(H,39,41). The number of carbonyl (C=O) groups excluding carboxylic acids is 1. The van der Waals surface area contributed by atoms with E-state index < -0.39 is 18.5 Å². The highest BCUT2D eigenvalue weighted by Crippen LogP contribution is 2.49. The number of oxazole rings is 1. The monoisotopic (exact) mass is 585 g/mol. The van der Waals surface area contributed by atoms with Crippen LogP contribution in [0.15, 0.2) is 77.5 Å². The first-order valence-corrected chi connectivity index (χ1v) is 15.2. The third-order valence-electron chi connectivity index (χ3n) is 9.18. The Kier molecular flexibility index (Phi) is 5.42. The molecular formula is C35H31N5O4. The Morgan fingerprint density at radius 1 is 0.932 bits per heavy atom. The first-order chi connectivity index (χ1) is 21.5. The number of benzene rings is 3. The fraction of sp³-hybridized carbons (Fsp3) is 0.257. The van der Waals surface area contributed by atoms with E-state index in [4.69, 9.17) is 18.9 Å². The molecular weight excluding hydrogens is 554 g/mol. The molecule has 2 aromatic heterocycles. The van der Waals surface area contributed by atoms with Gasteiger partial charge in [-0.3, -0.25) is 4.79 Å². The summed E-state index contributed by atoms with van der Waals surface area (Å²) < 4.78 is 20.1. The lowest BCUT2D eigenvalue weighted by Crippen LogP contribution is -2.32. The van der Waals surface area contributed by atoms with Gasteiger partial charge in [0.1, 0.15) is 34.9 Å². The van der Waals surface area contributed by atoms with Crippen LogP contribution < -0.4 is 20.7 Å². The third kappa shape index (κ3) is 3.78. The van der Waals surface area contributed by atoms with Crippen LogP contribution in [0.5, 0.6) is 5.75 Å². The van der Waals surface area contributed by atoms with Gasteiger partial charge in [0, 0.05) is 52.1 Å². The minimum absolute atomic E-state index is 0.0356. The van der Waals surface area contributed by atoms with Gasteiger partial charge in [-0.1, -0.05) is 56.3 Å². The molecule has 4 aliphatic rings. The normalized spacial score (nSPS) is 23.0. The molecule has 0 aliphatic carbocycles. The molecule has 9 rings (SSSR count). The number of anilines is 1. The predicted molar refractivity (Wildman–Crippen MR) is 166 cm³/mol. The molecule has 220 valence electrons. The molecule has 4 N–H and O–H groups in total. The molecule has 4 atom stereocenters. The Balaban J connectivity index is 1.31. The number of fused-ring (bicyclic) bond motifs is 8. The molecule has 44 heavy (non-hydrogen) atoms. The van der Waals surface area contributed by atoms with Gasteiger partial charge in [0.15, 0.2) is 6.23 Å². The Labute approximate surface area is 253 Å². The molecule has 4 unspecified atom stereocenters. The quantitative estimate of drug-likeness (QED) is 0.178. The van der Waals surface area contributed by atoms with Crippen molar-refractivity contribution in [3.8, 4) is 16.9 Å². The zero-order valence-electron chi connectivity index (χ0n) is 24.3. The Morgan fingerprint density at radius 3 is 2.73 bits per heavy atom. The number of para-hydroxylation sites is 1.